The molecule has 0 saturated carbocycles. The SMILES string of the molecule is CCCC(=O)Nc1cccc(CNC(=NC)NCc2ncc(C(C)(C)C)o2)c1.I. The molecule has 2 rings (SSSR count). The summed E-state index contributed by atoms with van der Waals surface area (Å²) in [7, 11) is 1.72. The highest BCUT2D eigenvalue weighted by Gasteiger charge is 2.19. The Balaban J connectivity index is 0.00000420. The first kappa shape index (κ1) is 24.9. The van der Waals surface area contributed by atoms with Crippen LogP contribution in [0.4, 0.5) is 5.69 Å². The number of benzene rings is 1. The highest BCUT2D eigenvalue weighted by molar-refractivity contribution is 14.0. The van der Waals surface area contributed by atoms with Crippen LogP contribution in [0.5, 0.6) is 0 Å². The number of guanidine groups is 1. The highest BCUT2D eigenvalue weighted by Crippen LogP contribution is 2.22. The van der Waals surface area contributed by atoms with E-state index in [-0.39, 0.29) is 35.3 Å². The summed E-state index contributed by atoms with van der Waals surface area (Å²) in [4.78, 5) is 20.3. The Bertz CT molecular complexity index is 811. The second-order valence-corrected chi connectivity index (χ2v) is 7.65. The van der Waals surface area contributed by atoms with Crippen LogP contribution in [0.2, 0.25) is 0 Å². The van der Waals surface area contributed by atoms with E-state index >= 15 is 0 Å². The molecule has 1 aromatic carbocycles. The Labute approximate surface area is 190 Å². The van der Waals surface area contributed by atoms with Gasteiger partial charge in [-0.15, -0.1) is 24.0 Å². The number of nitrogens with one attached hydrogen (secondary N) is 3. The van der Waals surface area contributed by atoms with E-state index in [1.54, 1.807) is 13.2 Å². The van der Waals surface area contributed by atoms with Gasteiger partial charge in [-0.2, -0.15) is 0 Å². The number of hydrogen-bond acceptors (Lipinski definition) is 4. The van der Waals surface area contributed by atoms with Gasteiger partial charge < -0.3 is 20.4 Å². The van der Waals surface area contributed by atoms with Crippen LogP contribution < -0.4 is 16.0 Å². The van der Waals surface area contributed by atoms with Crippen molar-refractivity contribution in [3.05, 3.63) is 47.7 Å². The summed E-state index contributed by atoms with van der Waals surface area (Å²) in [5, 5.41) is 9.37. The number of oxazole rings is 1. The molecule has 0 radical (unpaired) electrons. The fraction of sp³-hybridized carbons (Fsp3) is 0.476. The maximum atomic E-state index is 11.7. The van der Waals surface area contributed by atoms with Gasteiger partial charge >= 0.3 is 0 Å². The van der Waals surface area contributed by atoms with E-state index in [0.29, 0.717) is 31.4 Å². The standard InChI is InChI=1S/C21H31N5O2.HI/c1-6-8-18(27)26-16-10-7-9-15(11-16)12-24-20(22-5)25-14-19-23-13-17(28-19)21(2,3)4;/h7,9-11,13H,6,8,12,14H2,1-5H3,(H,26,27)(H2,22,24,25);1H. The molecule has 0 unspecified atom stereocenters. The van der Waals surface area contributed by atoms with Crippen LogP contribution in [0.1, 0.15) is 57.8 Å². The van der Waals surface area contributed by atoms with Gasteiger partial charge in [0.05, 0.1) is 12.7 Å². The zero-order valence-corrected chi connectivity index (χ0v) is 20.2. The summed E-state index contributed by atoms with van der Waals surface area (Å²) in [5.74, 6) is 2.16. The molecule has 3 N–H and O–H groups in total. The molecule has 0 aliphatic heterocycles. The summed E-state index contributed by atoms with van der Waals surface area (Å²) in [5.41, 5.74) is 1.78. The van der Waals surface area contributed by atoms with Crippen LogP contribution in [-0.2, 0) is 23.3 Å². The van der Waals surface area contributed by atoms with Crippen molar-refractivity contribution in [1.82, 2.24) is 15.6 Å². The van der Waals surface area contributed by atoms with E-state index in [9.17, 15) is 4.79 Å². The van der Waals surface area contributed by atoms with Crippen LogP contribution in [0.3, 0.4) is 0 Å². The van der Waals surface area contributed by atoms with Crippen molar-refractivity contribution in [2.45, 2.75) is 59.0 Å². The first-order valence-electron chi connectivity index (χ1n) is 9.60. The Morgan fingerprint density at radius 1 is 1.21 bits per heavy atom. The molecule has 0 atom stereocenters. The molecule has 0 aliphatic rings. The lowest BCUT2D eigenvalue weighted by Crippen LogP contribution is -2.36. The number of halogens is 1. The highest BCUT2D eigenvalue weighted by atomic mass is 127. The van der Waals surface area contributed by atoms with Crippen molar-refractivity contribution in [3.63, 3.8) is 0 Å². The second kappa shape index (κ2) is 11.8. The van der Waals surface area contributed by atoms with Gasteiger partial charge in [0.25, 0.3) is 0 Å². The maximum absolute atomic E-state index is 11.7. The minimum atomic E-state index is -0.0667. The molecular weight excluding hydrogens is 481 g/mol. The number of carbonyl (C=O) groups is 1. The fourth-order valence-corrected chi connectivity index (χ4v) is 2.51. The van der Waals surface area contributed by atoms with Gasteiger partial charge in [-0.25, -0.2) is 4.98 Å². The van der Waals surface area contributed by atoms with E-state index in [1.165, 1.54) is 0 Å². The predicted molar refractivity (Wildman–Crippen MR) is 128 cm³/mol. The first-order chi connectivity index (χ1) is 13.3. The summed E-state index contributed by atoms with van der Waals surface area (Å²) in [6.45, 7) is 9.28. The maximum Gasteiger partial charge on any atom is 0.224 e. The summed E-state index contributed by atoms with van der Waals surface area (Å²) in [6, 6.07) is 7.77. The lowest BCUT2D eigenvalue weighted by molar-refractivity contribution is -0.116. The van der Waals surface area contributed by atoms with Crippen LogP contribution in [0.15, 0.2) is 39.9 Å². The Morgan fingerprint density at radius 2 is 1.93 bits per heavy atom. The lowest BCUT2D eigenvalue weighted by Gasteiger charge is -2.13. The number of amides is 1. The summed E-state index contributed by atoms with van der Waals surface area (Å²) < 4.78 is 5.78. The Morgan fingerprint density at radius 3 is 2.55 bits per heavy atom. The van der Waals surface area contributed by atoms with Gasteiger partial charge in [0, 0.05) is 31.1 Å². The van der Waals surface area contributed by atoms with Gasteiger partial charge in [0.1, 0.15) is 5.76 Å². The number of rotatable bonds is 7. The van der Waals surface area contributed by atoms with Crippen LogP contribution in [0.25, 0.3) is 0 Å². The molecule has 0 bridgehead atoms. The van der Waals surface area contributed by atoms with Crippen molar-refractivity contribution in [3.8, 4) is 0 Å². The predicted octanol–water partition coefficient (Wildman–Crippen LogP) is 4.19. The smallest absolute Gasteiger partial charge is 0.224 e. The number of anilines is 1. The number of aromatic nitrogens is 1. The third-order valence-electron chi connectivity index (χ3n) is 4.07. The molecule has 8 heteroatoms. The fourth-order valence-electron chi connectivity index (χ4n) is 2.51. The summed E-state index contributed by atoms with van der Waals surface area (Å²) in [6.07, 6.45) is 3.12. The molecule has 1 aromatic heterocycles. The number of hydrogen-bond donors (Lipinski definition) is 3. The molecule has 29 heavy (non-hydrogen) atoms. The number of carbonyl (C=O) groups excluding carboxylic acids is 1. The van der Waals surface area contributed by atoms with Crippen molar-refractivity contribution < 1.29 is 9.21 Å². The average Bonchev–Trinajstić information content (AvgIpc) is 3.12. The topological polar surface area (TPSA) is 91.5 Å². The molecule has 0 aliphatic carbocycles. The van der Waals surface area contributed by atoms with Crippen LogP contribution in [0, 0.1) is 0 Å². The van der Waals surface area contributed by atoms with Crippen molar-refractivity contribution >= 4 is 41.5 Å². The second-order valence-electron chi connectivity index (χ2n) is 7.65. The monoisotopic (exact) mass is 513 g/mol. The zero-order chi connectivity index (χ0) is 20.6. The number of nitrogens with zero attached hydrogens (tertiary/aromatic N) is 2. The minimum absolute atomic E-state index is 0. The lowest BCUT2D eigenvalue weighted by atomic mass is 9.94. The summed E-state index contributed by atoms with van der Waals surface area (Å²) >= 11 is 0. The van der Waals surface area contributed by atoms with Gasteiger partial charge in [-0.1, -0.05) is 39.8 Å². The van der Waals surface area contributed by atoms with E-state index < -0.39 is 0 Å². The molecule has 160 valence electrons. The third-order valence-corrected chi connectivity index (χ3v) is 4.07. The van der Waals surface area contributed by atoms with Crippen molar-refractivity contribution in [2.24, 2.45) is 4.99 Å². The zero-order valence-electron chi connectivity index (χ0n) is 17.8. The molecular formula is C21H32IN5O2. The minimum Gasteiger partial charge on any atom is -0.443 e. The van der Waals surface area contributed by atoms with Crippen molar-refractivity contribution in [1.29, 1.82) is 0 Å². The molecule has 7 nitrogen and oxygen atoms in total. The van der Waals surface area contributed by atoms with E-state index in [2.05, 4.69) is 46.7 Å². The van der Waals surface area contributed by atoms with Crippen LogP contribution >= 0.6 is 24.0 Å². The number of aliphatic imine (C=N–C) groups is 1. The van der Waals surface area contributed by atoms with Crippen LogP contribution in [-0.4, -0.2) is 23.9 Å². The normalized spacial score (nSPS) is 11.6. The van der Waals surface area contributed by atoms with Gasteiger partial charge in [0.2, 0.25) is 11.8 Å². The molecule has 0 fully saturated rings. The van der Waals surface area contributed by atoms with E-state index in [1.807, 2.05) is 31.2 Å². The van der Waals surface area contributed by atoms with Gasteiger partial charge in [-0.05, 0) is 24.1 Å². The molecule has 0 saturated heterocycles. The molecule has 1 amide bonds. The quantitative estimate of drug-likeness (QED) is 0.294. The molecule has 1 heterocycles. The van der Waals surface area contributed by atoms with Gasteiger partial charge in [-0.3, -0.25) is 9.79 Å². The van der Waals surface area contributed by atoms with E-state index in [4.69, 9.17) is 4.42 Å². The average molecular weight is 513 g/mol. The Hall–Kier alpha value is -2.10. The van der Waals surface area contributed by atoms with Crippen molar-refractivity contribution in [2.75, 3.05) is 12.4 Å². The largest absolute Gasteiger partial charge is 0.443 e. The Kier molecular flexibility index (Phi) is 10.1. The third kappa shape index (κ3) is 8.43. The van der Waals surface area contributed by atoms with Gasteiger partial charge in [0.15, 0.2) is 5.96 Å². The first-order valence-corrected chi connectivity index (χ1v) is 9.60. The molecule has 0 spiro atoms. The van der Waals surface area contributed by atoms with E-state index in [0.717, 1.165) is 23.4 Å². The molecule has 2 aromatic rings.